The lowest BCUT2D eigenvalue weighted by Gasteiger charge is -2.24. The summed E-state index contributed by atoms with van der Waals surface area (Å²) in [5.41, 5.74) is 2.24. The Labute approximate surface area is 192 Å². The summed E-state index contributed by atoms with van der Waals surface area (Å²) in [5, 5.41) is 15.7. The third-order valence-corrected chi connectivity index (χ3v) is 6.88. The molecule has 1 saturated heterocycles. The van der Waals surface area contributed by atoms with E-state index in [1.165, 1.54) is 0 Å². The Morgan fingerprint density at radius 2 is 2.12 bits per heavy atom. The summed E-state index contributed by atoms with van der Waals surface area (Å²) in [5.74, 6) is -0.775. The molecule has 4 rings (SSSR count). The van der Waals surface area contributed by atoms with Crippen LogP contribution >= 0.6 is 11.6 Å². The molecule has 1 aliphatic heterocycles. The van der Waals surface area contributed by atoms with Crippen molar-refractivity contribution in [3.8, 4) is 6.07 Å². The molecular weight excluding hydrogens is 428 g/mol. The van der Waals surface area contributed by atoms with Crippen LogP contribution in [0.3, 0.4) is 0 Å². The summed E-state index contributed by atoms with van der Waals surface area (Å²) in [6.45, 7) is 0.669. The Morgan fingerprint density at radius 3 is 2.81 bits per heavy atom. The van der Waals surface area contributed by atoms with Gasteiger partial charge in [-0.05, 0) is 49.3 Å². The monoisotopic (exact) mass is 454 g/mol. The van der Waals surface area contributed by atoms with Crippen LogP contribution < -0.4 is 10.6 Å². The first-order chi connectivity index (χ1) is 15.4. The number of aromatic nitrogens is 1. The quantitative estimate of drug-likeness (QED) is 0.557. The largest absolute Gasteiger partial charge is 0.356 e. The van der Waals surface area contributed by atoms with Gasteiger partial charge in [0.15, 0.2) is 5.78 Å². The average molecular weight is 455 g/mol. The molecule has 2 aliphatic carbocycles. The van der Waals surface area contributed by atoms with Gasteiger partial charge in [0.1, 0.15) is 5.15 Å². The normalized spacial score (nSPS) is 21.6. The SMILES string of the molecule is N#CC(CC(=O)C(CC1CC1)NC(=O)C1=Cc2c(ccnc2Cl)C1)CC1CCCNC1=O. The number of ketones is 1. The Kier molecular flexibility index (Phi) is 6.90. The smallest absolute Gasteiger partial charge is 0.248 e. The van der Waals surface area contributed by atoms with Crippen LogP contribution in [-0.4, -0.2) is 35.2 Å². The van der Waals surface area contributed by atoms with E-state index in [4.69, 9.17) is 11.6 Å². The van der Waals surface area contributed by atoms with Gasteiger partial charge in [-0.2, -0.15) is 5.26 Å². The predicted octanol–water partition coefficient (Wildman–Crippen LogP) is 2.97. The number of pyridine rings is 1. The number of Topliss-reactive ketones (excluding diaryl/α,β-unsaturated/α-hetero) is 1. The van der Waals surface area contributed by atoms with E-state index in [1.54, 1.807) is 12.3 Å². The number of piperidine rings is 1. The highest BCUT2D eigenvalue weighted by molar-refractivity contribution is 6.31. The van der Waals surface area contributed by atoms with Crippen LogP contribution in [0.2, 0.25) is 5.15 Å². The first kappa shape index (κ1) is 22.5. The van der Waals surface area contributed by atoms with E-state index in [0.717, 1.165) is 36.8 Å². The zero-order chi connectivity index (χ0) is 22.7. The van der Waals surface area contributed by atoms with Crippen molar-refractivity contribution in [2.24, 2.45) is 17.8 Å². The minimum absolute atomic E-state index is 0.0346. The number of nitriles is 1. The van der Waals surface area contributed by atoms with E-state index in [9.17, 15) is 19.6 Å². The highest BCUT2D eigenvalue weighted by atomic mass is 35.5. The van der Waals surface area contributed by atoms with Gasteiger partial charge in [0.2, 0.25) is 11.8 Å². The van der Waals surface area contributed by atoms with E-state index < -0.39 is 12.0 Å². The number of amides is 2. The van der Waals surface area contributed by atoms with Gasteiger partial charge in [-0.25, -0.2) is 4.98 Å². The van der Waals surface area contributed by atoms with Crippen LogP contribution in [0.1, 0.15) is 56.1 Å². The molecule has 1 aromatic heterocycles. The highest BCUT2D eigenvalue weighted by Gasteiger charge is 2.34. The fourth-order valence-electron chi connectivity index (χ4n) is 4.55. The standard InChI is InChI=1S/C24H27ClN4O3/c25-22-19-12-18(11-16(19)5-7-27-22)24(32)29-20(9-14-3-4-14)21(30)10-15(13-26)8-17-2-1-6-28-23(17)31/h5,7,12,14-15,17,20H,1-4,6,8-11H2,(H,28,31)(H,29,32). The second kappa shape index (κ2) is 9.83. The van der Waals surface area contributed by atoms with Gasteiger partial charge in [-0.15, -0.1) is 0 Å². The Morgan fingerprint density at radius 1 is 1.31 bits per heavy atom. The molecule has 0 bridgehead atoms. The van der Waals surface area contributed by atoms with Gasteiger partial charge in [0.25, 0.3) is 0 Å². The van der Waals surface area contributed by atoms with Gasteiger partial charge in [0.05, 0.1) is 18.0 Å². The van der Waals surface area contributed by atoms with Gasteiger partial charge >= 0.3 is 0 Å². The molecule has 8 heteroatoms. The Balaban J connectivity index is 1.39. The lowest BCUT2D eigenvalue weighted by Crippen LogP contribution is -2.43. The molecule has 3 unspecified atom stereocenters. The summed E-state index contributed by atoms with van der Waals surface area (Å²) in [7, 11) is 0. The van der Waals surface area contributed by atoms with Crippen LogP contribution in [0.25, 0.3) is 6.08 Å². The fourth-order valence-corrected chi connectivity index (χ4v) is 4.78. The van der Waals surface area contributed by atoms with Crippen LogP contribution in [0.4, 0.5) is 0 Å². The van der Waals surface area contributed by atoms with Gasteiger partial charge in [-0.3, -0.25) is 14.4 Å². The fraction of sp³-hybridized carbons (Fsp3) is 0.542. The number of fused-ring (bicyclic) bond motifs is 1. The van der Waals surface area contributed by atoms with Crippen molar-refractivity contribution in [3.63, 3.8) is 0 Å². The van der Waals surface area contributed by atoms with Crippen molar-refractivity contribution in [2.45, 2.75) is 57.4 Å². The second-order valence-electron chi connectivity index (χ2n) is 9.09. The zero-order valence-electron chi connectivity index (χ0n) is 17.9. The summed E-state index contributed by atoms with van der Waals surface area (Å²) >= 11 is 6.14. The van der Waals surface area contributed by atoms with Crippen molar-refractivity contribution in [3.05, 3.63) is 34.1 Å². The maximum Gasteiger partial charge on any atom is 0.248 e. The molecule has 32 heavy (non-hydrogen) atoms. The maximum atomic E-state index is 13.1. The molecule has 3 atom stereocenters. The first-order valence-corrected chi connectivity index (χ1v) is 11.7. The number of hydrogen-bond acceptors (Lipinski definition) is 5. The lowest BCUT2D eigenvalue weighted by molar-refractivity contribution is -0.128. The van der Waals surface area contributed by atoms with Crippen LogP contribution in [0.5, 0.6) is 0 Å². The minimum atomic E-state index is -0.621. The molecule has 168 valence electrons. The molecule has 2 heterocycles. The lowest BCUT2D eigenvalue weighted by atomic mass is 9.85. The van der Waals surface area contributed by atoms with Crippen LogP contribution in [-0.2, 0) is 20.8 Å². The summed E-state index contributed by atoms with van der Waals surface area (Å²) < 4.78 is 0. The van der Waals surface area contributed by atoms with Crippen LogP contribution in [0.15, 0.2) is 17.8 Å². The Bertz CT molecular complexity index is 995. The summed E-state index contributed by atoms with van der Waals surface area (Å²) in [6, 6.07) is 3.42. The molecular formula is C24H27ClN4O3. The van der Waals surface area contributed by atoms with Crippen molar-refractivity contribution < 1.29 is 14.4 Å². The number of rotatable bonds is 9. The number of carbonyl (C=O) groups excluding carboxylic acids is 3. The van der Waals surface area contributed by atoms with Crippen molar-refractivity contribution in [1.29, 1.82) is 5.26 Å². The number of halogens is 1. The first-order valence-electron chi connectivity index (χ1n) is 11.3. The van der Waals surface area contributed by atoms with Crippen molar-refractivity contribution in [1.82, 2.24) is 15.6 Å². The van der Waals surface area contributed by atoms with E-state index >= 15 is 0 Å². The van der Waals surface area contributed by atoms with Gasteiger partial charge in [-0.1, -0.05) is 24.4 Å². The molecule has 7 nitrogen and oxygen atoms in total. The third kappa shape index (κ3) is 5.36. The highest BCUT2D eigenvalue weighted by Crippen LogP contribution is 2.35. The zero-order valence-corrected chi connectivity index (χ0v) is 18.7. The molecule has 0 aromatic carbocycles. The van der Waals surface area contributed by atoms with Gasteiger partial charge < -0.3 is 10.6 Å². The Hall–Kier alpha value is -2.72. The molecule has 3 aliphatic rings. The second-order valence-corrected chi connectivity index (χ2v) is 9.45. The number of nitrogens with one attached hydrogen (secondary N) is 2. The van der Waals surface area contributed by atoms with Crippen LogP contribution in [0, 0.1) is 29.1 Å². The molecule has 2 amide bonds. The predicted molar refractivity (Wildman–Crippen MR) is 119 cm³/mol. The van der Waals surface area contributed by atoms with E-state index in [2.05, 4.69) is 21.7 Å². The summed E-state index contributed by atoms with van der Waals surface area (Å²) in [4.78, 5) is 42.1. The number of carbonyl (C=O) groups is 3. The molecule has 0 radical (unpaired) electrons. The number of nitrogens with zero attached hydrogens (tertiary/aromatic N) is 2. The van der Waals surface area contributed by atoms with Crippen molar-refractivity contribution >= 4 is 35.3 Å². The average Bonchev–Trinajstić information content (AvgIpc) is 3.48. The maximum absolute atomic E-state index is 13.1. The molecule has 1 saturated carbocycles. The molecule has 1 aromatic rings. The summed E-state index contributed by atoms with van der Waals surface area (Å²) in [6.07, 6.45) is 8.56. The molecule has 2 N–H and O–H groups in total. The minimum Gasteiger partial charge on any atom is -0.356 e. The molecule has 0 spiro atoms. The van der Waals surface area contributed by atoms with E-state index in [1.807, 2.05) is 6.07 Å². The van der Waals surface area contributed by atoms with E-state index in [0.29, 0.717) is 42.5 Å². The number of hydrogen-bond donors (Lipinski definition) is 2. The van der Waals surface area contributed by atoms with Crippen molar-refractivity contribution in [2.75, 3.05) is 6.54 Å². The van der Waals surface area contributed by atoms with E-state index in [-0.39, 0.29) is 29.9 Å². The van der Waals surface area contributed by atoms with Gasteiger partial charge in [0, 0.05) is 42.6 Å². The molecule has 2 fully saturated rings. The topological polar surface area (TPSA) is 112 Å². The third-order valence-electron chi connectivity index (χ3n) is 6.58.